The topological polar surface area (TPSA) is 161 Å². The zero-order valence-electron chi connectivity index (χ0n) is 26.0. The van der Waals surface area contributed by atoms with Crippen molar-refractivity contribution in [1.82, 2.24) is 20.9 Å². The van der Waals surface area contributed by atoms with Gasteiger partial charge in [0.2, 0.25) is 11.8 Å². The van der Waals surface area contributed by atoms with Gasteiger partial charge in [0.25, 0.3) is 0 Å². The number of allylic oxidation sites excluding steroid dienone is 1. The van der Waals surface area contributed by atoms with E-state index in [0.717, 1.165) is 67.4 Å². The molecule has 1 saturated heterocycles. The Bertz CT molecular complexity index is 1540. The van der Waals surface area contributed by atoms with Crippen LogP contribution in [-0.4, -0.2) is 68.1 Å². The van der Waals surface area contributed by atoms with Gasteiger partial charge in [-0.05, 0) is 92.9 Å². The third kappa shape index (κ3) is 6.38. The van der Waals surface area contributed by atoms with Crippen molar-refractivity contribution in [3.63, 3.8) is 0 Å². The van der Waals surface area contributed by atoms with Gasteiger partial charge in [-0.3, -0.25) is 19.2 Å². The molecule has 0 bridgehead atoms. The van der Waals surface area contributed by atoms with E-state index in [-0.39, 0.29) is 42.8 Å². The summed E-state index contributed by atoms with van der Waals surface area (Å²) in [6.07, 6.45) is 4.50. The van der Waals surface area contributed by atoms with Crippen molar-refractivity contribution in [2.75, 3.05) is 5.75 Å². The van der Waals surface area contributed by atoms with E-state index in [4.69, 9.17) is 0 Å². The van der Waals surface area contributed by atoms with Crippen LogP contribution in [0, 0.1) is 6.92 Å². The minimum atomic E-state index is -0.883. The third-order valence-corrected chi connectivity index (χ3v) is 10.5. The molecule has 44 heavy (non-hydrogen) atoms. The van der Waals surface area contributed by atoms with Gasteiger partial charge in [-0.1, -0.05) is 6.92 Å². The maximum atomic E-state index is 12.5. The normalized spacial score (nSPS) is 25.7. The van der Waals surface area contributed by atoms with Crippen molar-refractivity contribution in [2.45, 2.75) is 103 Å². The summed E-state index contributed by atoms with van der Waals surface area (Å²) in [5.41, 5.74) is 10.2. The standard InChI is InChI=1S/C33H42N4O6S/c1-6-19-15(2)24(36-33(19)43)11-22-16(3)20(7-9-29(38)39)25(34-22)13-26-21(8-10-30(40)41)17(4)23(35-26)12-27-31(28-14-44-28)18(5)32(42)37-27/h13,22,24,27-28,34-35H,6-12,14H2,1-5H3,(H,36,43)(H,37,42)(H,38,39)(H,40,41)/b25-13-/t22?,24-,27+,28-/m1/s1. The molecule has 10 nitrogen and oxygen atoms in total. The number of carbonyl (C=O) groups is 4. The summed E-state index contributed by atoms with van der Waals surface area (Å²) in [6.45, 7) is 9.85. The molecule has 236 valence electrons. The van der Waals surface area contributed by atoms with Crippen molar-refractivity contribution < 1.29 is 29.4 Å². The van der Waals surface area contributed by atoms with Crippen LogP contribution in [0.4, 0.5) is 0 Å². The van der Waals surface area contributed by atoms with E-state index in [2.05, 4.69) is 20.9 Å². The minimum absolute atomic E-state index is 0.0205. The first-order valence-corrected chi connectivity index (χ1v) is 16.4. The lowest BCUT2D eigenvalue weighted by atomic mass is 9.94. The summed E-state index contributed by atoms with van der Waals surface area (Å²) >= 11 is 1.83. The van der Waals surface area contributed by atoms with E-state index in [1.165, 1.54) is 0 Å². The fraction of sp³-hybridized carbons (Fsp3) is 0.515. The number of rotatable bonds is 13. The summed E-state index contributed by atoms with van der Waals surface area (Å²) in [5.74, 6) is -0.809. The Balaban J connectivity index is 1.47. The molecule has 0 aromatic carbocycles. The Morgan fingerprint density at radius 1 is 0.886 bits per heavy atom. The molecule has 11 heteroatoms. The molecule has 5 heterocycles. The van der Waals surface area contributed by atoms with Crippen LogP contribution < -0.4 is 16.0 Å². The van der Waals surface area contributed by atoms with E-state index >= 15 is 0 Å². The summed E-state index contributed by atoms with van der Waals surface area (Å²) in [7, 11) is 0. The van der Waals surface area contributed by atoms with E-state index in [0.29, 0.717) is 37.4 Å². The number of hydrogen-bond acceptors (Lipinski definition) is 6. The molecular weight excluding hydrogens is 580 g/mol. The molecule has 1 aromatic heterocycles. The molecule has 4 aliphatic rings. The van der Waals surface area contributed by atoms with Gasteiger partial charge >= 0.3 is 11.9 Å². The highest BCUT2D eigenvalue weighted by molar-refractivity contribution is 8.07. The van der Waals surface area contributed by atoms with Crippen molar-refractivity contribution in [1.29, 1.82) is 0 Å². The second-order valence-electron chi connectivity index (χ2n) is 12.2. The van der Waals surface area contributed by atoms with Crippen LogP contribution in [0.2, 0.25) is 0 Å². The molecule has 4 aliphatic heterocycles. The fourth-order valence-corrected chi connectivity index (χ4v) is 7.72. The van der Waals surface area contributed by atoms with Gasteiger partial charge in [0.15, 0.2) is 0 Å². The molecule has 0 spiro atoms. The third-order valence-electron chi connectivity index (χ3n) is 9.58. The van der Waals surface area contributed by atoms with E-state index < -0.39 is 11.9 Å². The number of aromatic nitrogens is 1. The van der Waals surface area contributed by atoms with Gasteiger partial charge < -0.3 is 31.1 Å². The largest absolute Gasteiger partial charge is 0.481 e. The van der Waals surface area contributed by atoms with Gasteiger partial charge in [0.05, 0.1) is 12.1 Å². The molecule has 0 aliphatic carbocycles. The molecule has 1 unspecified atom stereocenters. The van der Waals surface area contributed by atoms with Crippen molar-refractivity contribution >= 4 is 41.6 Å². The number of aromatic amines is 1. The number of amides is 2. The average Bonchev–Trinajstić information content (AvgIpc) is 3.53. The van der Waals surface area contributed by atoms with Crippen LogP contribution in [0.1, 0.15) is 82.3 Å². The zero-order chi connectivity index (χ0) is 31.9. The predicted octanol–water partition coefficient (Wildman–Crippen LogP) is 3.92. The van der Waals surface area contributed by atoms with E-state index in [1.807, 2.05) is 52.5 Å². The molecule has 5 rings (SSSR count). The Morgan fingerprint density at radius 2 is 1.50 bits per heavy atom. The fourth-order valence-electron chi connectivity index (χ4n) is 6.92. The van der Waals surface area contributed by atoms with Gasteiger partial charge in [0, 0.05) is 64.5 Å². The van der Waals surface area contributed by atoms with Crippen LogP contribution in [0.25, 0.3) is 6.08 Å². The Labute approximate surface area is 261 Å². The Morgan fingerprint density at radius 3 is 2.11 bits per heavy atom. The minimum Gasteiger partial charge on any atom is -0.481 e. The molecule has 1 fully saturated rings. The number of aliphatic carboxylic acids is 2. The smallest absolute Gasteiger partial charge is 0.303 e. The van der Waals surface area contributed by atoms with Crippen molar-refractivity contribution in [3.05, 3.63) is 61.7 Å². The first-order valence-electron chi connectivity index (χ1n) is 15.3. The molecule has 0 saturated carbocycles. The Hall–Kier alpha value is -3.73. The van der Waals surface area contributed by atoms with Crippen LogP contribution >= 0.6 is 11.8 Å². The van der Waals surface area contributed by atoms with Crippen molar-refractivity contribution in [2.24, 2.45) is 0 Å². The summed E-state index contributed by atoms with van der Waals surface area (Å²) in [5, 5.41) is 29.2. The quantitative estimate of drug-likeness (QED) is 0.181. The van der Waals surface area contributed by atoms with Crippen LogP contribution in [0.5, 0.6) is 0 Å². The lowest BCUT2D eigenvalue weighted by molar-refractivity contribution is -0.138. The first-order chi connectivity index (χ1) is 20.9. The summed E-state index contributed by atoms with van der Waals surface area (Å²) < 4.78 is 0. The number of carboxylic acids is 2. The van der Waals surface area contributed by atoms with Gasteiger partial charge in [-0.25, -0.2) is 0 Å². The highest BCUT2D eigenvalue weighted by Crippen LogP contribution is 2.42. The maximum absolute atomic E-state index is 12.5. The number of hydrogen-bond donors (Lipinski definition) is 6. The highest BCUT2D eigenvalue weighted by atomic mass is 32.2. The van der Waals surface area contributed by atoms with Crippen LogP contribution in [-0.2, 0) is 32.0 Å². The summed E-state index contributed by atoms with van der Waals surface area (Å²) in [4.78, 5) is 51.7. The van der Waals surface area contributed by atoms with Crippen LogP contribution in [0.15, 0.2) is 39.1 Å². The molecule has 4 atom stereocenters. The van der Waals surface area contributed by atoms with Crippen molar-refractivity contribution in [3.8, 4) is 0 Å². The Kier molecular flexibility index (Phi) is 9.15. The maximum Gasteiger partial charge on any atom is 0.303 e. The lowest BCUT2D eigenvalue weighted by Crippen LogP contribution is -2.36. The number of carbonyl (C=O) groups excluding carboxylic acids is 2. The van der Waals surface area contributed by atoms with Gasteiger partial charge in [-0.15, -0.1) is 0 Å². The molecule has 1 aromatic rings. The average molecular weight is 623 g/mol. The lowest BCUT2D eigenvalue weighted by Gasteiger charge is -2.20. The highest BCUT2D eigenvalue weighted by Gasteiger charge is 2.40. The van der Waals surface area contributed by atoms with Gasteiger partial charge in [-0.2, -0.15) is 11.8 Å². The SMILES string of the molecule is CCC1=C(C)[C@@H](CC2N/C(=C\c3[nH]c(C[C@@H]4NC(=O)C(C)=C4[C@H]4CS4)c(C)c3CCC(=O)O)C(CCC(=O)O)=C2C)NC1=O. The van der Waals surface area contributed by atoms with Gasteiger partial charge in [0.1, 0.15) is 0 Å². The van der Waals surface area contributed by atoms with Crippen LogP contribution in [0.3, 0.4) is 0 Å². The number of H-pyrrole nitrogens is 1. The molecule has 0 radical (unpaired) electrons. The molecule has 6 N–H and O–H groups in total. The second kappa shape index (κ2) is 12.7. The molecule has 2 amide bonds. The number of carboxylic acid groups (broad SMARTS) is 2. The zero-order valence-corrected chi connectivity index (χ0v) is 26.8. The van der Waals surface area contributed by atoms with E-state index in [9.17, 15) is 29.4 Å². The summed E-state index contributed by atoms with van der Waals surface area (Å²) in [6, 6.07) is -0.312. The molecular formula is C33H42N4O6S. The number of thioether (sulfide) groups is 1. The number of nitrogens with one attached hydrogen (secondary N) is 4. The van der Waals surface area contributed by atoms with E-state index in [1.54, 1.807) is 0 Å². The predicted molar refractivity (Wildman–Crippen MR) is 170 cm³/mol. The first kappa shape index (κ1) is 31.7. The monoisotopic (exact) mass is 622 g/mol. The second-order valence-corrected chi connectivity index (χ2v) is 13.5.